The van der Waals surface area contributed by atoms with Gasteiger partial charge in [0.15, 0.2) is 5.43 Å². The smallest absolute Gasteiger partial charge is 0.261 e. The zero-order valence-corrected chi connectivity index (χ0v) is 12.5. The summed E-state index contributed by atoms with van der Waals surface area (Å²) in [5, 5.41) is 2.74. The van der Waals surface area contributed by atoms with Crippen molar-refractivity contribution >= 4 is 23.2 Å². The third kappa shape index (κ3) is 4.20. The van der Waals surface area contributed by atoms with Crippen LogP contribution in [0, 0.1) is 6.92 Å². The molecule has 1 aromatic heterocycles. The lowest BCUT2D eigenvalue weighted by atomic mass is 10.1. The quantitative estimate of drug-likeness (QED) is 0.834. The molecule has 2 aromatic rings. The van der Waals surface area contributed by atoms with Crippen molar-refractivity contribution in [2.75, 3.05) is 11.2 Å². The van der Waals surface area contributed by atoms with Crippen molar-refractivity contribution in [1.82, 2.24) is 4.98 Å². The molecule has 0 fully saturated rings. The third-order valence-electron chi connectivity index (χ3n) is 3.09. The van der Waals surface area contributed by atoms with Crippen molar-refractivity contribution in [2.24, 2.45) is 0 Å². The summed E-state index contributed by atoms with van der Waals surface area (Å²) in [7, 11) is 0. The lowest BCUT2D eigenvalue weighted by Crippen LogP contribution is -2.21. The molecule has 0 unspecified atom stereocenters. The van der Waals surface area contributed by atoms with Gasteiger partial charge < -0.3 is 10.3 Å². The van der Waals surface area contributed by atoms with Crippen molar-refractivity contribution < 1.29 is 4.79 Å². The third-order valence-corrected chi connectivity index (χ3v) is 3.35. The highest BCUT2D eigenvalue weighted by Crippen LogP contribution is 2.13. The highest BCUT2D eigenvalue weighted by atomic mass is 35.5. The number of hydrogen-bond donors (Lipinski definition) is 2. The maximum absolute atomic E-state index is 12.1. The van der Waals surface area contributed by atoms with Gasteiger partial charge in [-0.1, -0.05) is 12.1 Å². The molecule has 21 heavy (non-hydrogen) atoms. The van der Waals surface area contributed by atoms with Crippen LogP contribution in [-0.4, -0.2) is 16.8 Å². The highest BCUT2D eigenvalue weighted by molar-refractivity contribution is 6.17. The van der Waals surface area contributed by atoms with E-state index in [1.165, 1.54) is 12.3 Å². The van der Waals surface area contributed by atoms with E-state index in [1.54, 1.807) is 13.0 Å². The van der Waals surface area contributed by atoms with E-state index in [9.17, 15) is 9.59 Å². The molecular weight excluding hydrogens is 288 g/mol. The standard InChI is InChI=1S/C16H17ClN2O2/c1-11-8-15(20)14(10-18-11)16(21)19-13-6-2-4-12(9-13)5-3-7-17/h2,4,6,8-10H,3,5,7H2,1H3,(H,18,20)(H,19,21). The van der Waals surface area contributed by atoms with Crippen molar-refractivity contribution in [3.05, 3.63) is 63.6 Å². The SMILES string of the molecule is Cc1cc(=O)c(C(=O)Nc2cccc(CCCCl)c2)c[nH]1. The maximum atomic E-state index is 12.1. The second kappa shape index (κ2) is 7.09. The van der Waals surface area contributed by atoms with Crippen LogP contribution < -0.4 is 10.7 Å². The van der Waals surface area contributed by atoms with Gasteiger partial charge in [0.05, 0.1) is 0 Å². The summed E-state index contributed by atoms with van der Waals surface area (Å²) in [4.78, 5) is 26.8. The number of alkyl halides is 1. The number of carbonyl (C=O) groups excluding carboxylic acids is 1. The number of aryl methyl sites for hydroxylation is 2. The van der Waals surface area contributed by atoms with Crippen LogP contribution in [0.25, 0.3) is 0 Å². The first-order chi connectivity index (χ1) is 10.1. The molecule has 1 aromatic carbocycles. The molecule has 0 saturated heterocycles. The van der Waals surface area contributed by atoms with E-state index in [0.717, 1.165) is 24.1 Å². The summed E-state index contributed by atoms with van der Waals surface area (Å²) in [5.74, 6) is 0.195. The van der Waals surface area contributed by atoms with Gasteiger partial charge in [-0.05, 0) is 37.5 Å². The van der Waals surface area contributed by atoms with E-state index in [-0.39, 0.29) is 11.0 Å². The molecule has 0 bridgehead atoms. The molecule has 0 aliphatic heterocycles. The number of aromatic amines is 1. The van der Waals surface area contributed by atoms with E-state index in [1.807, 2.05) is 18.2 Å². The summed E-state index contributed by atoms with van der Waals surface area (Å²) >= 11 is 5.68. The van der Waals surface area contributed by atoms with Crippen LogP contribution in [0.4, 0.5) is 5.69 Å². The fraction of sp³-hybridized carbons (Fsp3) is 0.250. The number of benzene rings is 1. The van der Waals surface area contributed by atoms with Gasteiger partial charge in [-0.15, -0.1) is 11.6 Å². The number of rotatable bonds is 5. The van der Waals surface area contributed by atoms with Crippen LogP contribution >= 0.6 is 11.6 Å². The molecular formula is C16H17ClN2O2. The van der Waals surface area contributed by atoms with Crippen LogP contribution in [-0.2, 0) is 6.42 Å². The Kier molecular flexibility index (Phi) is 5.17. The van der Waals surface area contributed by atoms with Crippen LogP contribution in [0.3, 0.4) is 0 Å². The Morgan fingerprint density at radius 1 is 1.33 bits per heavy atom. The summed E-state index contributed by atoms with van der Waals surface area (Å²) in [5.41, 5.74) is 2.31. The Labute approximate surface area is 128 Å². The molecule has 1 heterocycles. The van der Waals surface area contributed by atoms with Crippen molar-refractivity contribution in [2.45, 2.75) is 19.8 Å². The zero-order valence-electron chi connectivity index (χ0n) is 11.8. The first-order valence-corrected chi connectivity index (χ1v) is 7.29. The number of anilines is 1. The van der Waals surface area contributed by atoms with Crippen LogP contribution in [0.5, 0.6) is 0 Å². The van der Waals surface area contributed by atoms with Crippen molar-refractivity contribution in [3.8, 4) is 0 Å². The number of H-pyrrole nitrogens is 1. The molecule has 0 radical (unpaired) electrons. The first-order valence-electron chi connectivity index (χ1n) is 6.76. The van der Waals surface area contributed by atoms with Crippen LogP contribution in [0.2, 0.25) is 0 Å². The number of nitrogens with one attached hydrogen (secondary N) is 2. The van der Waals surface area contributed by atoms with Gasteiger partial charge in [0.25, 0.3) is 5.91 Å². The second-order valence-electron chi connectivity index (χ2n) is 4.84. The molecule has 0 spiro atoms. The van der Waals surface area contributed by atoms with Gasteiger partial charge >= 0.3 is 0 Å². The van der Waals surface area contributed by atoms with Gasteiger partial charge in [-0.25, -0.2) is 0 Å². The fourth-order valence-corrected chi connectivity index (χ4v) is 2.16. The van der Waals surface area contributed by atoms with E-state index in [2.05, 4.69) is 10.3 Å². The number of pyridine rings is 1. The zero-order chi connectivity index (χ0) is 15.2. The molecule has 4 nitrogen and oxygen atoms in total. The molecule has 1 amide bonds. The lowest BCUT2D eigenvalue weighted by Gasteiger charge is -2.07. The Hall–Kier alpha value is -2.07. The molecule has 0 atom stereocenters. The monoisotopic (exact) mass is 304 g/mol. The van der Waals surface area contributed by atoms with Gasteiger partial charge in [-0.2, -0.15) is 0 Å². The van der Waals surface area contributed by atoms with Gasteiger partial charge in [0.2, 0.25) is 0 Å². The molecule has 2 N–H and O–H groups in total. The maximum Gasteiger partial charge on any atom is 0.261 e. The van der Waals surface area contributed by atoms with Gasteiger partial charge in [0, 0.05) is 29.5 Å². The van der Waals surface area contributed by atoms with Crippen molar-refractivity contribution in [1.29, 1.82) is 0 Å². The van der Waals surface area contributed by atoms with Crippen LogP contribution in [0.1, 0.15) is 28.0 Å². The largest absolute Gasteiger partial charge is 0.364 e. The summed E-state index contributed by atoms with van der Waals surface area (Å²) < 4.78 is 0. The number of halogens is 1. The van der Waals surface area contributed by atoms with E-state index < -0.39 is 5.91 Å². The minimum atomic E-state index is -0.411. The molecule has 0 aliphatic carbocycles. The predicted octanol–water partition coefficient (Wildman–Crippen LogP) is 3.11. The van der Waals surface area contributed by atoms with Gasteiger partial charge in [0.1, 0.15) is 5.56 Å². The average Bonchev–Trinajstić information content (AvgIpc) is 2.45. The predicted molar refractivity (Wildman–Crippen MR) is 85.2 cm³/mol. The second-order valence-corrected chi connectivity index (χ2v) is 5.22. The average molecular weight is 305 g/mol. The topological polar surface area (TPSA) is 62.0 Å². The van der Waals surface area contributed by atoms with Crippen molar-refractivity contribution in [3.63, 3.8) is 0 Å². The Morgan fingerprint density at radius 3 is 2.86 bits per heavy atom. The summed E-state index contributed by atoms with van der Waals surface area (Å²) in [6.45, 7) is 1.77. The Balaban J connectivity index is 2.14. The normalized spacial score (nSPS) is 10.4. The minimum Gasteiger partial charge on any atom is -0.364 e. The molecule has 5 heteroatoms. The highest BCUT2D eigenvalue weighted by Gasteiger charge is 2.10. The number of carbonyl (C=O) groups is 1. The lowest BCUT2D eigenvalue weighted by molar-refractivity contribution is 0.102. The van der Waals surface area contributed by atoms with Crippen LogP contribution in [0.15, 0.2) is 41.3 Å². The minimum absolute atomic E-state index is 0.103. The Morgan fingerprint density at radius 2 is 2.14 bits per heavy atom. The molecule has 110 valence electrons. The van der Waals surface area contributed by atoms with E-state index >= 15 is 0 Å². The van der Waals surface area contributed by atoms with E-state index in [0.29, 0.717) is 11.6 Å². The first kappa shape index (κ1) is 15.3. The number of hydrogen-bond acceptors (Lipinski definition) is 2. The number of amides is 1. The number of aromatic nitrogens is 1. The van der Waals surface area contributed by atoms with E-state index in [4.69, 9.17) is 11.6 Å². The molecule has 0 aliphatic rings. The Bertz CT molecular complexity index is 695. The summed E-state index contributed by atoms with van der Waals surface area (Å²) in [6, 6.07) is 8.96. The molecule has 0 saturated carbocycles. The van der Waals surface area contributed by atoms with Gasteiger partial charge in [-0.3, -0.25) is 9.59 Å². The summed E-state index contributed by atoms with van der Waals surface area (Å²) in [6.07, 6.45) is 3.18. The molecule has 2 rings (SSSR count). The fourth-order valence-electron chi connectivity index (χ4n) is 2.02.